The normalized spacial score (nSPS) is 15.3. The lowest BCUT2D eigenvalue weighted by Gasteiger charge is -2.25. The highest BCUT2D eigenvalue weighted by Gasteiger charge is 2.33. The van der Waals surface area contributed by atoms with Gasteiger partial charge in [-0.05, 0) is 31.0 Å². The molecule has 1 saturated heterocycles. The summed E-state index contributed by atoms with van der Waals surface area (Å²) >= 11 is 1.32. The first kappa shape index (κ1) is 19.9. The number of thiazole rings is 1. The number of pyridine rings is 1. The molecule has 0 atom stereocenters. The second kappa shape index (κ2) is 7.46. The molecule has 9 heteroatoms. The van der Waals surface area contributed by atoms with Crippen molar-refractivity contribution in [2.24, 2.45) is 0 Å². The number of benzene rings is 1. The molecule has 3 aromatic rings. The predicted octanol–water partition coefficient (Wildman–Crippen LogP) is 3.98. The SMILES string of the molecule is Cc1c(Cn2c(C)cc(=O)c3sc(N4CCOCC4)nc32)cccc1C(F)(F)F. The van der Waals surface area contributed by atoms with E-state index < -0.39 is 11.7 Å². The molecule has 1 aromatic carbocycles. The number of hydrogen-bond acceptors (Lipinski definition) is 5. The highest BCUT2D eigenvalue weighted by molar-refractivity contribution is 7.22. The Morgan fingerprint density at radius 1 is 1.21 bits per heavy atom. The summed E-state index contributed by atoms with van der Waals surface area (Å²) in [5.74, 6) is 0. The van der Waals surface area contributed by atoms with Gasteiger partial charge in [0.15, 0.2) is 10.8 Å². The second-order valence-corrected chi connectivity index (χ2v) is 8.05. The van der Waals surface area contributed by atoms with E-state index in [1.807, 2.05) is 4.57 Å². The molecule has 1 aliphatic heterocycles. The Kier molecular flexibility index (Phi) is 5.12. The van der Waals surface area contributed by atoms with E-state index in [-0.39, 0.29) is 17.5 Å². The zero-order valence-electron chi connectivity index (χ0n) is 16.0. The van der Waals surface area contributed by atoms with E-state index in [2.05, 4.69) is 9.88 Å². The molecule has 1 fully saturated rings. The van der Waals surface area contributed by atoms with Gasteiger partial charge in [0, 0.05) is 31.4 Å². The summed E-state index contributed by atoms with van der Waals surface area (Å²) < 4.78 is 47.6. The van der Waals surface area contributed by atoms with Gasteiger partial charge in [-0.2, -0.15) is 13.2 Å². The van der Waals surface area contributed by atoms with Crippen LogP contribution in [0.2, 0.25) is 0 Å². The smallest absolute Gasteiger partial charge is 0.378 e. The van der Waals surface area contributed by atoms with Crippen LogP contribution in [0.25, 0.3) is 10.3 Å². The summed E-state index contributed by atoms with van der Waals surface area (Å²) in [7, 11) is 0. The largest absolute Gasteiger partial charge is 0.416 e. The molecule has 0 N–H and O–H groups in total. The van der Waals surface area contributed by atoms with E-state index in [9.17, 15) is 18.0 Å². The fourth-order valence-electron chi connectivity index (χ4n) is 3.57. The van der Waals surface area contributed by atoms with Crippen LogP contribution in [0.15, 0.2) is 29.1 Å². The Bertz CT molecular complexity index is 1110. The number of aromatic nitrogens is 2. The number of morpholine rings is 1. The number of aryl methyl sites for hydroxylation is 1. The van der Waals surface area contributed by atoms with Crippen molar-refractivity contribution >= 4 is 26.8 Å². The quantitative estimate of drug-likeness (QED) is 0.640. The Hall–Kier alpha value is -2.39. The van der Waals surface area contributed by atoms with Crippen LogP contribution in [0.1, 0.15) is 22.4 Å². The fraction of sp³-hybridized carbons (Fsp3) is 0.400. The van der Waals surface area contributed by atoms with Crippen molar-refractivity contribution in [1.82, 2.24) is 9.55 Å². The van der Waals surface area contributed by atoms with Crippen molar-refractivity contribution < 1.29 is 17.9 Å². The van der Waals surface area contributed by atoms with E-state index >= 15 is 0 Å². The van der Waals surface area contributed by atoms with Gasteiger partial charge in [0.1, 0.15) is 4.70 Å². The third kappa shape index (κ3) is 3.76. The van der Waals surface area contributed by atoms with Gasteiger partial charge in [-0.15, -0.1) is 0 Å². The van der Waals surface area contributed by atoms with Crippen molar-refractivity contribution in [2.45, 2.75) is 26.6 Å². The average molecular weight is 423 g/mol. The summed E-state index contributed by atoms with van der Waals surface area (Å²) in [6.45, 7) is 6.06. The Balaban J connectivity index is 1.80. The van der Waals surface area contributed by atoms with Gasteiger partial charge in [-0.3, -0.25) is 4.79 Å². The lowest BCUT2D eigenvalue weighted by molar-refractivity contribution is -0.138. The lowest BCUT2D eigenvalue weighted by Crippen LogP contribution is -2.36. The minimum Gasteiger partial charge on any atom is -0.378 e. The summed E-state index contributed by atoms with van der Waals surface area (Å²) in [6, 6.07) is 5.71. The van der Waals surface area contributed by atoms with Gasteiger partial charge in [-0.1, -0.05) is 23.5 Å². The first-order valence-corrected chi connectivity index (χ1v) is 10.1. The van der Waals surface area contributed by atoms with E-state index in [1.165, 1.54) is 30.4 Å². The van der Waals surface area contributed by atoms with Crippen molar-refractivity contribution in [3.05, 3.63) is 56.9 Å². The standard InChI is InChI=1S/C20H20F3N3O2S/c1-12-10-16(27)17-18(24-19(29-17)25-6-8-28-9-7-25)26(12)11-14-4-3-5-15(13(14)2)20(21,22)23/h3-5,10H,6-9,11H2,1-2H3. The molecular weight excluding hydrogens is 403 g/mol. The molecular formula is C20H20F3N3O2S. The monoisotopic (exact) mass is 423 g/mol. The first-order valence-electron chi connectivity index (χ1n) is 9.25. The number of hydrogen-bond donors (Lipinski definition) is 0. The van der Waals surface area contributed by atoms with Crippen LogP contribution in [-0.2, 0) is 17.5 Å². The lowest BCUT2D eigenvalue weighted by atomic mass is 10.0. The van der Waals surface area contributed by atoms with E-state index in [0.717, 1.165) is 11.2 Å². The molecule has 0 amide bonds. The summed E-state index contributed by atoms with van der Waals surface area (Å²) in [6.07, 6.45) is -4.40. The predicted molar refractivity (Wildman–Crippen MR) is 107 cm³/mol. The topological polar surface area (TPSA) is 47.4 Å². The van der Waals surface area contributed by atoms with Crippen LogP contribution in [-0.4, -0.2) is 35.9 Å². The van der Waals surface area contributed by atoms with E-state index in [1.54, 1.807) is 13.0 Å². The minimum atomic E-state index is -4.40. The van der Waals surface area contributed by atoms with Crippen LogP contribution in [0.5, 0.6) is 0 Å². The van der Waals surface area contributed by atoms with E-state index in [4.69, 9.17) is 4.74 Å². The number of nitrogens with zero attached hydrogens (tertiary/aromatic N) is 3. The van der Waals surface area contributed by atoms with Gasteiger partial charge in [0.05, 0.1) is 18.8 Å². The molecule has 0 bridgehead atoms. The van der Waals surface area contributed by atoms with Crippen molar-refractivity contribution in [1.29, 1.82) is 0 Å². The van der Waals surface area contributed by atoms with Gasteiger partial charge in [0.2, 0.25) is 5.43 Å². The summed E-state index contributed by atoms with van der Waals surface area (Å²) in [5, 5.41) is 0.737. The third-order valence-electron chi connectivity index (χ3n) is 5.20. The van der Waals surface area contributed by atoms with Crippen molar-refractivity contribution in [3.63, 3.8) is 0 Å². The molecule has 4 rings (SSSR count). The number of fused-ring (bicyclic) bond motifs is 1. The van der Waals surface area contributed by atoms with Crippen LogP contribution >= 0.6 is 11.3 Å². The van der Waals surface area contributed by atoms with Crippen LogP contribution in [0.3, 0.4) is 0 Å². The van der Waals surface area contributed by atoms with Gasteiger partial charge >= 0.3 is 6.18 Å². The Labute approximate surface area is 169 Å². The number of rotatable bonds is 3. The number of alkyl halides is 3. The zero-order valence-corrected chi connectivity index (χ0v) is 16.9. The maximum atomic E-state index is 13.3. The average Bonchev–Trinajstić information content (AvgIpc) is 3.12. The van der Waals surface area contributed by atoms with Crippen molar-refractivity contribution in [2.75, 3.05) is 31.2 Å². The molecule has 0 spiro atoms. The van der Waals surface area contributed by atoms with E-state index in [0.29, 0.717) is 47.9 Å². The molecule has 0 radical (unpaired) electrons. The molecule has 2 aromatic heterocycles. The number of ether oxygens (including phenoxy) is 1. The summed E-state index contributed by atoms with van der Waals surface area (Å²) in [4.78, 5) is 19.3. The highest BCUT2D eigenvalue weighted by Crippen LogP contribution is 2.34. The molecule has 29 heavy (non-hydrogen) atoms. The maximum Gasteiger partial charge on any atom is 0.416 e. The molecule has 5 nitrogen and oxygen atoms in total. The fourth-order valence-corrected chi connectivity index (χ4v) is 4.60. The second-order valence-electron chi connectivity index (χ2n) is 7.07. The zero-order chi connectivity index (χ0) is 20.8. The molecule has 0 saturated carbocycles. The molecule has 0 unspecified atom stereocenters. The number of halogens is 3. The third-order valence-corrected chi connectivity index (χ3v) is 6.32. The maximum absolute atomic E-state index is 13.3. The molecule has 1 aliphatic rings. The molecule has 3 heterocycles. The minimum absolute atomic E-state index is 0.119. The van der Waals surface area contributed by atoms with Gasteiger partial charge < -0.3 is 14.2 Å². The van der Waals surface area contributed by atoms with Crippen LogP contribution in [0.4, 0.5) is 18.3 Å². The number of anilines is 1. The Morgan fingerprint density at radius 2 is 1.93 bits per heavy atom. The van der Waals surface area contributed by atoms with Crippen LogP contribution < -0.4 is 10.3 Å². The Morgan fingerprint density at radius 3 is 2.62 bits per heavy atom. The highest BCUT2D eigenvalue weighted by atomic mass is 32.1. The summed E-state index contributed by atoms with van der Waals surface area (Å²) in [5.41, 5.74) is 1.16. The first-order chi connectivity index (χ1) is 13.8. The molecule has 0 aliphatic carbocycles. The van der Waals surface area contributed by atoms with Crippen molar-refractivity contribution in [3.8, 4) is 0 Å². The van der Waals surface area contributed by atoms with Crippen LogP contribution in [0, 0.1) is 13.8 Å². The molecule has 154 valence electrons. The van der Waals surface area contributed by atoms with Gasteiger partial charge in [0.25, 0.3) is 0 Å². The van der Waals surface area contributed by atoms with Gasteiger partial charge in [-0.25, -0.2) is 4.98 Å².